The molecule has 0 unspecified atom stereocenters. The van der Waals surface area contributed by atoms with Crippen molar-refractivity contribution in [1.29, 1.82) is 0 Å². The molecule has 0 radical (unpaired) electrons. The SMILES string of the molecule is C=C(C)C(=O)OCCCCNc1cc(SOO[O-])c2ccc3c(SOO[O-])cc(S(=O)(=O)[O-])c4ccc1c2c34.[Na+].[Na+].[Na+]. The molecule has 0 saturated carbocycles. The van der Waals surface area contributed by atoms with Gasteiger partial charge in [0.05, 0.1) is 35.6 Å². The fourth-order valence-electron chi connectivity index (χ4n) is 4.23. The van der Waals surface area contributed by atoms with E-state index in [2.05, 4.69) is 30.6 Å². The molecule has 0 aliphatic heterocycles. The second-order valence-electron chi connectivity index (χ2n) is 8.31. The van der Waals surface area contributed by atoms with Gasteiger partial charge in [-0.3, -0.25) is 10.1 Å². The maximum atomic E-state index is 12.2. The van der Waals surface area contributed by atoms with Crippen LogP contribution in [0.15, 0.2) is 63.2 Å². The van der Waals surface area contributed by atoms with E-state index in [1.165, 1.54) is 6.07 Å². The normalized spacial score (nSPS) is 11.1. The van der Waals surface area contributed by atoms with Crippen LogP contribution in [0.3, 0.4) is 0 Å². The number of hydrogen-bond donors (Lipinski definition) is 1. The van der Waals surface area contributed by atoms with Crippen molar-refractivity contribution in [2.45, 2.75) is 34.5 Å². The summed E-state index contributed by atoms with van der Waals surface area (Å²) in [4.78, 5) is 11.7. The average Bonchev–Trinajstić information content (AvgIpc) is 2.91. The maximum absolute atomic E-state index is 12.2. The molecule has 1 N–H and O–H groups in total. The van der Waals surface area contributed by atoms with Crippen LogP contribution >= 0.6 is 24.1 Å². The first-order chi connectivity index (χ1) is 18.7. The summed E-state index contributed by atoms with van der Waals surface area (Å²) in [5.74, 6) is -0.457. The third kappa shape index (κ3) is 9.42. The van der Waals surface area contributed by atoms with Crippen LogP contribution in [-0.2, 0) is 38.4 Å². The number of hydrogen-bond acceptors (Lipinski definition) is 14. The molecular weight excluding hydrogens is 643 g/mol. The van der Waals surface area contributed by atoms with Crippen LogP contribution in [0.1, 0.15) is 19.8 Å². The van der Waals surface area contributed by atoms with E-state index in [1.807, 2.05) is 0 Å². The van der Waals surface area contributed by atoms with Gasteiger partial charge >= 0.3 is 94.6 Å². The summed E-state index contributed by atoms with van der Waals surface area (Å²) in [6, 6.07) is 9.44. The van der Waals surface area contributed by atoms with E-state index in [1.54, 1.807) is 31.2 Å². The first-order valence-corrected chi connectivity index (χ1v) is 14.1. The van der Waals surface area contributed by atoms with Crippen LogP contribution in [0, 0.1) is 0 Å². The molecule has 0 bridgehead atoms. The van der Waals surface area contributed by atoms with Gasteiger partial charge in [-0.05, 0) is 48.1 Å². The molecule has 0 saturated heterocycles. The van der Waals surface area contributed by atoms with Crippen LogP contribution in [-0.4, -0.2) is 32.1 Å². The molecule has 4 aromatic carbocycles. The number of anilines is 1. The van der Waals surface area contributed by atoms with Crippen LogP contribution < -0.4 is 105 Å². The Morgan fingerprint density at radius 1 is 0.881 bits per heavy atom. The van der Waals surface area contributed by atoms with E-state index in [4.69, 9.17) is 4.74 Å². The molecule has 208 valence electrons. The average molecular weight is 664 g/mol. The van der Waals surface area contributed by atoms with Gasteiger partial charge in [0.1, 0.15) is 10.1 Å². The first kappa shape index (κ1) is 40.3. The number of esters is 1. The van der Waals surface area contributed by atoms with E-state index in [0.29, 0.717) is 86.6 Å². The van der Waals surface area contributed by atoms with Crippen molar-refractivity contribution in [3.63, 3.8) is 0 Å². The molecule has 4 aromatic rings. The number of rotatable bonds is 14. The summed E-state index contributed by atoms with van der Waals surface area (Å²) in [7, 11) is -4.93. The zero-order chi connectivity index (χ0) is 28.2. The predicted octanol–water partition coefficient (Wildman–Crippen LogP) is -5.73. The molecule has 0 atom stereocenters. The fraction of sp³-hybridized carbons (Fsp3) is 0.208. The van der Waals surface area contributed by atoms with E-state index in [-0.39, 0.29) is 106 Å². The van der Waals surface area contributed by atoms with Gasteiger partial charge in [0.2, 0.25) is 0 Å². The molecule has 0 spiro atoms. The molecule has 0 aromatic heterocycles. The van der Waals surface area contributed by atoms with Gasteiger partial charge in [-0.25, -0.2) is 13.2 Å². The third-order valence-electron chi connectivity index (χ3n) is 5.83. The van der Waals surface area contributed by atoms with Crippen molar-refractivity contribution in [2.75, 3.05) is 18.5 Å². The third-order valence-corrected chi connectivity index (χ3v) is 7.98. The summed E-state index contributed by atoms with van der Waals surface area (Å²) in [5.41, 5.74) is 0.939. The van der Waals surface area contributed by atoms with Crippen LogP contribution in [0.25, 0.3) is 32.3 Å². The minimum atomic E-state index is -4.93. The quantitative estimate of drug-likeness (QED) is 0.0155. The molecule has 12 nitrogen and oxygen atoms in total. The molecule has 4 rings (SSSR count). The van der Waals surface area contributed by atoms with E-state index in [0.717, 1.165) is 6.07 Å². The van der Waals surface area contributed by atoms with Gasteiger partial charge in [0.25, 0.3) is 0 Å². The Balaban J connectivity index is 0.00000294. The minimum Gasteiger partial charge on any atom is -0.744 e. The van der Waals surface area contributed by atoms with Gasteiger partial charge in [-0.15, -0.1) is 0 Å². The van der Waals surface area contributed by atoms with Crippen molar-refractivity contribution in [3.8, 4) is 0 Å². The number of carbonyl (C=O) groups is 1. The predicted molar refractivity (Wildman–Crippen MR) is 138 cm³/mol. The summed E-state index contributed by atoms with van der Waals surface area (Å²) >= 11 is 1.12. The number of nitrogens with one attached hydrogen (secondary N) is 1. The number of unbranched alkanes of at least 4 members (excludes halogenated alkanes) is 1. The molecule has 0 amide bonds. The van der Waals surface area contributed by atoms with Gasteiger partial charge in [-0.1, -0.05) is 30.8 Å². The zero-order valence-electron chi connectivity index (χ0n) is 23.2. The largest absolute Gasteiger partial charge is 1.00 e. The van der Waals surface area contributed by atoms with Crippen LogP contribution in [0.2, 0.25) is 0 Å². The van der Waals surface area contributed by atoms with Crippen molar-refractivity contribution >= 4 is 78.2 Å². The Morgan fingerprint density at radius 3 is 1.95 bits per heavy atom. The number of carbonyl (C=O) groups excluding carboxylic acids is 1. The van der Waals surface area contributed by atoms with Gasteiger partial charge in [0.15, 0.2) is 0 Å². The van der Waals surface area contributed by atoms with E-state index in [9.17, 15) is 28.3 Å². The van der Waals surface area contributed by atoms with E-state index < -0.39 is 21.0 Å². The second-order valence-corrected chi connectivity index (χ2v) is 11.1. The Morgan fingerprint density at radius 2 is 1.40 bits per heavy atom. The Bertz CT molecular complexity index is 1640. The van der Waals surface area contributed by atoms with E-state index >= 15 is 0 Å². The standard InChI is InChI=1S/C24H23NO11S3.3Na/c1-13(2)24(26)32-10-4-3-9-25-18-11-19(37-35-33-27)15-6-7-16-20(38-36-34-28)12-21(39(29,30)31)17-8-5-14(18)22(15)23(16)17;;;/h5-8,11-12,25,27-28H,1,3-4,9-10H2,2H3,(H,29,30,31);;;/q;3*+1/p-3. The van der Waals surface area contributed by atoms with Crippen molar-refractivity contribution in [1.82, 2.24) is 0 Å². The molecule has 0 fully saturated rings. The summed E-state index contributed by atoms with van der Waals surface area (Å²) in [5, 5.41) is 34.2. The monoisotopic (exact) mass is 663 g/mol. The van der Waals surface area contributed by atoms with Crippen LogP contribution in [0.4, 0.5) is 5.69 Å². The molecule has 0 aliphatic rings. The molecule has 18 heteroatoms. The van der Waals surface area contributed by atoms with Crippen molar-refractivity contribution < 1.29 is 140 Å². The van der Waals surface area contributed by atoms with Gasteiger partial charge in [0, 0.05) is 43.8 Å². The molecular formula is C24H20NNa3O11S3. The smallest absolute Gasteiger partial charge is 0.744 e. The minimum absolute atomic E-state index is 0. The van der Waals surface area contributed by atoms with Gasteiger partial charge < -0.3 is 25.1 Å². The number of ether oxygens (including phenoxy) is 1. The van der Waals surface area contributed by atoms with Gasteiger partial charge in [-0.2, -0.15) is 8.67 Å². The summed E-state index contributed by atoms with van der Waals surface area (Å²) in [6.07, 6.45) is 1.22. The topological polar surface area (TPSA) is 179 Å². The summed E-state index contributed by atoms with van der Waals surface area (Å²) in [6.45, 7) is 5.81. The van der Waals surface area contributed by atoms with Crippen molar-refractivity contribution in [2.24, 2.45) is 0 Å². The van der Waals surface area contributed by atoms with Crippen LogP contribution in [0.5, 0.6) is 0 Å². The van der Waals surface area contributed by atoms with Crippen molar-refractivity contribution in [3.05, 3.63) is 48.6 Å². The first-order valence-electron chi connectivity index (χ1n) is 11.2. The Labute approximate surface area is 316 Å². The number of benzene rings is 4. The summed E-state index contributed by atoms with van der Waals surface area (Å²) < 4.78 is 50.6. The molecule has 0 heterocycles. The zero-order valence-corrected chi connectivity index (χ0v) is 31.7. The Hall–Kier alpha value is 0.300. The fourth-order valence-corrected chi connectivity index (χ4v) is 6.06. The second kappa shape index (κ2) is 18.4. The molecule has 0 aliphatic carbocycles. The maximum Gasteiger partial charge on any atom is 1.00 e. The Kier molecular flexibility index (Phi) is 17.7. The molecule has 42 heavy (non-hydrogen) atoms.